The zero-order chi connectivity index (χ0) is 9.84. The SMILES string of the molecule is CC(C)c1ncc(CC(=O)NO)s1. The van der Waals surface area contributed by atoms with Crippen molar-refractivity contribution in [2.75, 3.05) is 0 Å². The van der Waals surface area contributed by atoms with E-state index >= 15 is 0 Å². The summed E-state index contributed by atoms with van der Waals surface area (Å²) in [7, 11) is 0. The molecular formula is C8H12N2O2S. The van der Waals surface area contributed by atoms with Crippen molar-refractivity contribution in [2.24, 2.45) is 0 Å². The van der Waals surface area contributed by atoms with Gasteiger partial charge >= 0.3 is 0 Å². The van der Waals surface area contributed by atoms with Gasteiger partial charge in [-0.05, 0) is 0 Å². The number of hydrogen-bond donors (Lipinski definition) is 2. The predicted octanol–water partition coefficient (Wildman–Crippen LogP) is 1.31. The van der Waals surface area contributed by atoms with Crippen LogP contribution in [0, 0.1) is 0 Å². The molecule has 4 nitrogen and oxygen atoms in total. The Morgan fingerprint density at radius 3 is 2.92 bits per heavy atom. The topological polar surface area (TPSA) is 62.2 Å². The molecule has 0 unspecified atom stereocenters. The highest BCUT2D eigenvalue weighted by Crippen LogP contribution is 2.21. The molecule has 0 aliphatic heterocycles. The normalized spacial score (nSPS) is 10.5. The molecule has 72 valence electrons. The Bertz CT molecular complexity index is 296. The van der Waals surface area contributed by atoms with Crippen LogP contribution in [0.15, 0.2) is 6.20 Å². The summed E-state index contributed by atoms with van der Waals surface area (Å²) in [4.78, 5) is 15.8. The summed E-state index contributed by atoms with van der Waals surface area (Å²) in [6.07, 6.45) is 1.87. The summed E-state index contributed by atoms with van der Waals surface area (Å²) in [5.74, 6) is -0.0186. The Balaban J connectivity index is 2.64. The van der Waals surface area contributed by atoms with Crippen LogP contribution in [0.1, 0.15) is 29.7 Å². The first kappa shape index (κ1) is 10.1. The fourth-order valence-electron chi connectivity index (χ4n) is 0.869. The van der Waals surface area contributed by atoms with E-state index in [0.717, 1.165) is 9.88 Å². The lowest BCUT2D eigenvalue weighted by molar-refractivity contribution is -0.128. The molecule has 0 atom stereocenters. The lowest BCUT2D eigenvalue weighted by Gasteiger charge is -1.96. The average Bonchev–Trinajstić information content (AvgIpc) is 2.52. The van der Waals surface area contributed by atoms with Gasteiger partial charge in [0.1, 0.15) is 0 Å². The van der Waals surface area contributed by atoms with E-state index in [-0.39, 0.29) is 6.42 Å². The monoisotopic (exact) mass is 200 g/mol. The Kier molecular flexibility index (Phi) is 3.39. The first-order chi connectivity index (χ1) is 6.13. The van der Waals surface area contributed by atoms with E-state index < -0.39 is 5.91 Å². The number of thiazole rings is 1. The van der Waals surface area contributed by atoms with Gasteiger partial charge in [-0.3, -0.25) is 10.0 Å². The van der Waals surface area contributed by atoms with E-state index in [9.17, 15) is 4.79 Å². The minimum absolute atomic E-state index is 0.195. The number of rotatable bonds is 3. The van der Waals surface area contributed by atoms with Crippen molar-refractivity contribution >= 4 is 17.2 Å². The molecule has 0 saturated heterocycles. The van der Waals surface area contributed by atoms with E-state index in [2.05, 4.69) is 18.8 Å². The maximum absolute atomic E-state index is 10.8. The van der Waals surface area contributed by atoms with Gasteiger partial charge in [0.15, 0.2) is 0 Å². The van der Waals surface area contributed by atoms with Gasteiger partial charge in [-0.2, -0.15) is 0 Å². The second-order valence-corrected chi connectivity index (χ2v) is 4.18. The number of hydrogen-bond acceptors (Lipinski definition) is 4. The summed E-state index contributed by atoms with van der Waals surface area (Å²) in [6.45, 7) is 4.10. The molecule has 1 amide bonds. The van der Waals surface area contributed by atoms with Crippen molar-refractivity contribution in [3.05, 3.63) is 16.1 Å². The third-order valence-electron chi connectivity index (χ3n) is 1.52. The number of carbonyl (C=O) groups excluding carboxylic acids is 1. The van der Waals surface area contributed by atoms with E-state index in [1.165, 1.54) is 11.3 Å². The molecule has 1 rings (SSSR count). The lowest BCUT2D eigenvalue weighted by Crippen LogP contribution is -2.20. The Morgan fingerprint density at radius 1 is 1.77 bits per heavy atom. The fraction of sp³-hybridized carbons (Fsp3) is 0.500. The zero-order valence-electron chi connectivity index (χ0n) is 7.57. The molecule has 2 N–H and O–H groups in total. The zero-order valence-corrected chi connectivity index (χ0v) is 8.39. The van der Waals surface area contributed by atoms with Gasteiger partial charge in [0, 0.05) is 17.0 Å². The number of nitrogens with one attached hydrogen (secondary N) is 1. The van der Waals surface area contributed by atoms with Crippen molar-refractivity contribution in [3.8, 4) is 0 Å². The molecule has 13 heavy (non-hydrogen) atoms. The molecular weight excluding hydrogens is 188 g/mol. The molecule has 0 saturated carbocycles. The first-order valence-electron chi connectivity index (χ1n) is 4.01. The molecule has 1 aromatic rings. The predicted molar refractivity (Wildman–Crippen MR) is 49.8 cm³/mol. The summed E-state index contributed by atoms with van der Waals surface area (Å²) >= 11 is 1.50. The highest BCUT2D eigenvalue weighted by molar-refractivity contribution is 7.11. The van der Waals surface area contributed by atoms with Crippen LogP contribution < -0.4 is 5.48 Å². The smallest absolute Gasteiger partial charge is 0.248 e. The number of nitrogens with zero attached hydrogens (tertiary/aromatic N) is 1. The number of hydroxylamine groups is 1. The summed E-state index contributed by atoms with van der Waals surface area (Å²) < 4.78 is 0. The summed E-state index contributed by atoms with van der Waals surface area (Å²) in [5.41, 5.74) is 1.59. The molecule has 0 aliphatic carbocycles. The van der Waals surface area contributed by atoms with E-state index in [0.29, 0.717) is 5.92 Å². The van der Waals surface area contributed by atoms with Crippen molar-refractivity contribution in [2.45, 2.75) is 26.2 Å². The summed E-state index contributed by atoms with van der Waals surface area (Å²) in [5, 5.41) is 9.31. The minimum Gasteiger partial charge on any atom is -0.289 e. The molecule has 1 heterocycles. The Morgan fingerprint density at radius 2 is 2.46 bits per heavy atom. The molecule has 0 fully saturated rings. The molecule has 1 aromatic heterocycles. The fourth-order valence-corrected chi connectivity index (χ4v) is 1.79. The maximum Gasteiger partial charge on any atom is 0.248 e. The maximum atomic E-state index is 10.8. The third kappa shape index (κ3) is 2.78. The van der Waals surface area contributed by atoms with Gasteiger partial charge in [0.2, 0.25) is 5.91 Å². The van der Waals surface area contributed by atoms with Gasteiger partial charge in [0.25, 0.3) is 0 Å². The van der Waals surface area contributed by atoms with Gasteiger partial charge in [-0.15, -0.1) is 11.3 Å². The van der Waals surface area contributed by atoms with Crippen LogP contribution in [0.4, 0.5) is 0 Å². The van der Waals surface area contributed by atoms with Gasteiger partial charge in [-0.25, -0.2) is 10.5 Å². The molecule has 0 aromatic carbocycles. The van der Waals surface area contributed by atoms with Crippen molar-refractivity contribution < 1.29 is 10.0 Å². The van der Waals surface area contributed by atoms with Crippen molar-refractivity contribution in [3.63, 3.8) is 0 Å². The molecule has 0 bridgehead atoms. The number of carbonyl (C=O) groups is 1. The third-order valence-corrected chi connectivity index (χ3v) is 2.82. The van der Waals surface area contributed by atoms with Crippen LogP contribution in [0.25, 0.3) is 0 Å². The van der Waals surface area contributed by atoms with E-state index in [1.807, 2.05) is 0 Å². The van der Waals surface area contributed by atoms with Gasteiger partial charge in [0.05, 0.1) is 11.4 Å². The number of amides is 1. The highest BCUT2D eigenvalue weighted by atomic mass is 32.1. The molecule has 0 radical (unpaired) electrons. The number of aromatic nitrogens is 1. The molecule has 0 aliphatic rings. The summed E-state index contributed by atoms with van der Waals surface area (Å²) in [6, 6.07) is 0. The standard InChI is InChI=1S/C8H12N2O2S/c1-5(2)8-9-4-6(13-8)3-7(11)10-12/h4-5,12H,3H2,1-2H3,(H,10,11). The molecule has 5 heteroatoms. The second kappa shape index (κ2) is 4.34. The minimum atomic E-state index is -0.404. The Labute approximate surface area is 80.6 Å². The average molecular weight is 200 g/mol. The lowest BCUT2D eigenvalue weighted by atomic mass is 10.2. The first-order valence-corrected chi connectivity index (χ1v) is 4.82. The molecule has 0 spiro atoms. The van der Waals surface area contributed by atoms with Crippen LogP contribution in [0.5, 0.6) is 0 Å². The van der Waals surface area contributed by atoms with Crippen LogP contribution in [-0.4, -0.2) is 16.1 Å². The van der Waals surface area contributed by atoms with Crippen LogP contribution in [-0.2, 0) is 11.2 Å². The second-order valence-electron chi connectivity index (χ2n) is 3.03. The van der Waals surface area contributed by atoms with E-state index in [4.69, 9.17) is 5.21 Å². The van der Waals surface area contributed by atoms with Crippen molar-refractivity contribution in [1.29, 1.82) is 0 Å². The Hall–Kier alpha value is -0.940. The van der Waals surface area contributed by atoms with Crippen LogP contribution in [0.2, 0.25) is 0 Å². The van der Waals surface area contributed by atoms with Crippen LogP contribution >= 0.6 is 11.3 Å². The largest absolute Gasteiger partial charge is 0.289 e. The highest BCUT2D eigenvalue weighted by Gasteiger charge is 2.08. The van der Waals surface area contributed by atoms with Gasteiger partial charge in [-0.1, -0.05) is 13.8 Å². The van der Waals surface area contributed by atoms with Gasteiger partial charge < -0.3 is 0 Å². The van der Waals surface area contributed by atoms with Crippen molar-refractivity contribution in [1.82, 2.24) is 10.5 Å². The quantitative estimate of drug-likeness (QED) is 0.571. The van der Waals surface area contributed by atoms with E-state index in [1.54, 1.807) is 11.7 Å². The van der Waals surface area contributed by atoms with Crippen LogP contribution in [0.3, 0.4) is 0 Å².